The van der Waals surface area contributed by atoms with Crippen LogP contribution in [0.5, 0.6) is 5.75 Å². The molecule has 2 fully saturated rings. The van der Waals surface area contributed by atoms with Crippen LogP contribution in [0.25, 0.3) is 11.1 Å². The molecule has 1 aliphatic carbocycles. The highest BCUT2D eigenvalue weighted by molar-refractivity contribution is 5.76. The summed E-state index contributed by atoms with van der Waals surface area (Å²) >= 11 is 0. The number of hydrogen-bond donors (Lipinski definition) is 0. The molecular formula is C34H47NO5. The van der Waals surface area contributed by atoms with E-state index in [2.05, 4.69) is 41.3 Å². The van der Waals surface area contributed by atoms with Crippen LogP contribution in [0.3, 0.4) is 0 Å². The monoisotopic (exact) mass is 549 g/mol. The molecule has 2 aromatic rings. The Morgan fingerprint density at radius 2 is 1.60 bits per heavy atom. The Kier molecular flexibility index (Phi) is 11.2. The zero-order valence-electron chi connectivity index (χ0n) is 24.8. The number of hydrogen-bond acceptors (Lipinski definition) is 6. The number of likely N-dealkylation sites (tertiary alicyclic amines) is 1. The molecule has 6 heteroatoms. The number of piperidine rings is 1. The molecule has 0 radical (unpaired) electrons. The minimum Gasteiger partial charge on any atom is -0.497 e. The molecule has 4 rings (SSSR count). The largest absolute Gasteiger partial charge is 0.497 e. The maximum absolute atomic E-state index is 12.2. The molecule has 2 aromatic carbocycles. The minimum atomic E-state index is -0.537. The predicted octanol–water partition coefficient (Wildman–Crippen LogP) is 6.82. The summed E-state index contributed by atoms with van der Waals surface area (Å²) in [5.74, 6) is 0.702. The summed E-state index contributed by atoms with van der Waals surface area (Å²) in [5.41, 5.74) is 2.97. The number of methoxy groups -OCH3 is 1. The second-order valence-corrected chi connectivity index (χ2v) is 11.6. The van der Waals surface area contributed by atoms with Crippen LogP contribution >= 0.6 is 0 Å². The van der Waals surface area contributed by atoms with E-state index in [0.29, 0.717) is 32.3 Å². The van der Waals surface area contributed by atoms with Crippen LogP contribution in [0, 0.1) is 5.41 Å². The molecule has 40 heavy (non-hydrogen) atoms. The Morgan fingerprint density at radius 1 is 0.925 bits per heavy atom. The van der Waals surface area contributed by atoms with Crippen molar-refractivity contribution in [3.8, 4) is 16.9 Å². The molecule has 0 amide bonds. The average molecular weight is 550 g/mol. The second kappa shape index (κ2) is 14.8. The van der Waals surface area contributed by atoms with Gasteiger partial charge in [0, 0.05) is 6.04 Å². The van der Waals surface area contributed by atoms with Gasteiger partial charge in [0.2, 0.25) is 0 Å². The van der Waals surface area contributed by atoms with Crippen molar-refractivity contribution in [2.45, 2.75) is 84.2 Å². The van der Waals surface area contributed by atoms with Gasteiger partial charge in [-0.15, -0.1) is 0 Å². The molecule has 3 atom stereocenters. The molecule has 0 bridgehead atoms. The quantitative estimate of drug-likeness (QED) is 0.202. The van der Waals surface area contributed by atoms with Gasteiger partial charge in [0.15, 0.2) is 0 Å². The first-order valence-electron chi connectivity index (χ1n) is 14.9. The molecular weight excluding hydrogens is 502 g/mol. The maximum atomic E-state index is 12.2. The van der Waals surface area contributed by atoms with Crippen molar-refractivity contribution in [3.05, 3.63) is 66.2 Å². The summed E-state index contributed by atoms with van der Waals surface area (Å²) in [5, 5.41) is 0. The molecule has 1 aliphatic heterocycles. The Morgan fingerprint density at radius 3 is 2.25 bits per heavy atom. The zero-order valence-corrected chi connectivity index (χ0v) is 24.8. The van der Waals surface area contributed by atoms with Gasteiger partial charge in [-0.1, -0.05) is 55.0 Å². The van der Waals surface area contributed by atoms with Crippen LogP contribution in [0.2, 0.25) is 0 Å². The van der Waals surface area contributed by atoms with Gasteiger partial charge in [0.1, 0.15) is 5.75 Å². The number of benzene rings is 2. The summed E-state index contributed by atoms with van der Waals surface area (Å²) in [6.45, 7) is 9.48. The first kappa shape index (κ1) is 30.3. The van der Waals surface area contributed by atoms with Crippen molar-refractivity contribution in [3.63, 3.8) is 0 Å². The highest BCUT2D eigenvalue weighted by Crippen LogP contribution is 2.32. The van der Waals surface area contributed by atoms with Crippen LogP contribution in [-0.4, -0.2) is 62.5 Å². The topological polar surface area (TPSA) is 57.2 Å². The van der Waals surface area contributed by atoms with Crippen LogP contribution in [-0.2, 0) is 25.6 Å². The Bertz CT molecular complexity index is 1070. The van der Waals surface area contributed by atoms with Gasteiger partial charge >= 0.3 is 5.97 Å². The number of ether oxygens (including phenoxy) is 4. The van der Waals surface area contributed by atoms with Gasteiger partial charge in [-0.3, -0.25) is 9.69 Å². The second-order valence-electron chi connectivity index (χ2n) is 11.6. The third-order valence-electron chi connectivity index (χ3n) is 8.20. The molecule has 2 aliphatic rings. The maximum Gasteiger partial charge on any atom is 0.311 e. The van der Waals surface area contributed by atoms with Crippen LogP contribution < -0.4 is 4.74 Å². The summed E-state index contributed by atoms with van der Waals surface area (Å²) in [7, 11) is 1.68. The number of carbonyl (C=O) groups is 1. The number of nitrogens with zero attached hydrogens (tertiary/aromatic N) is 1. The Labute approximate surface area is 240 Å². The third-order valence-corrected chi connectivity index (χ3v) is 8.20. The smallest absolute Gasteiger partial charge is 0.311 e. The number of esters is 1. The third kappa shape index (κ3) is 8.18. The van der Waals surface area contributed by atoms with E-state index in [1.165, 1.54) is 36.0 Å². The SMILES string of the molecule is CCOC(=O)C(C)(C)CC=CCO[C@@H]1[C@@H](OCc2ccc(-c3ccc(OC)cc3)cc2)CC[C@H]1N1CCCCC1. The number of carbonyl (C=O) groups excluding carboxylic acids is 1. The predicted molar refractivity (Wildman–Crippen MR) is 159 cm³/mol. The van der Waals surface area contributed by atoms with Crippen molar-refractivity contribution >= 4 is 5.97 Å². The fraction of sp³-hybridized carbons (Fsp3) is 0.559. The van der Waals surface area contributed by atoms with Crippen molar-refractivity contribution in [2.75, 3.05) is 33.4 Å². The fourth-order valence-corrected chi connectivity index (χ4v) is 5.75. The van der Waals surface area contributed by atoms with Gasteiger partial charge < -0.3 is 18.9 Å². The first-order valence-corrected chi connectivity index (χ1v) is 14.9. The molecule has 1 saturated heterocycles. The van der Waals surface area contributed by atoms with Gasteiger partial charge in [-0.2, -0.15) is 0 Å². The van der Waals surface area contributed by atoms with Gasteiger partial charge in [-0.25, -0.2) is 0 Å². The molecule has 0 aromatic heterocycles. The molecule has 1 saturated carbocycles. The lowest BCUT2D eigenvalue weighted by Crippen LogP contribution is -2.47. The average Bonchev–Trinajstić information content (AvgIpc) is 3.39. The zero-order chi connectivity index (χ0) is 28.4. The van der Waals surface area contributed by atoms with E-state index in [1.807, 2.05) is 45.1 Å². The van der Waals surface area contributed by atoms with E-state index in [4.69, 9.17) is 18.9 Å². The van der Waals surface area contributed by atoms with Crippen LogP contribution in [0.4, 0.5) is 0 Å². The first-order chi connectivity index (χ1) is 19.4. The van der Waals surface area contributed by atoms with E-state index in [-0.39, 0.29) is 18.2 Å². The lowest BCUT2D eigenvalue weighted by Gasteiger charge is -2.36. The van der Waals surface area contributed by atoms with Crippen molar-refractivity contribution in [2.24, 2.45) is 5.41 Å². The summed E-state index contributed by atoms with van der Waals surface area (Å²) in [6, 6.07) is 17.2. The highest BCUT2D eigenvalue weighted by atomic mass is 16.5. The molecule has 0 spiro atoms. The van der Waals surface area contributed by atoms with Crippen molar-refractivity contribution < 1.29 is 23.7 Å². The van der Waals surface area contributed by atoms with Gasteiger partial charge in [0.05, 0.1) is 44.6 Å². The highest BCUT2D eigenvalue weighted by Gasteiger charge is 2.41. The minimum absolute atomic E-state index is 0.0411. The standard InChI is InChI=1S/C34H47NO5/c1-5-38-33(36)34(2,3)21-7-10-24-39-32-30(35-22-8-6-9-23-35)19-20-31(32)40-25-26-11-13-27(14-12-26)28-15-17-29(37-4)18-16-28/h7,10-18,30-32H,5-6,8-9,19-25H2,1-4H3/t30-,31+,32+/m1/s1. The van der Waals surface area contributed by atoms with Gasteiger partial charge in [-0.05, 0) is 94.8 Å². The van der Waals surface area contributed by atoms with E-state index in [0.717, 1.165) is 31.7 Å². The molecule has 6 nitrogen and oxygen atoms in total. The lowest BCUT2D eigenvalue weighted by molar-refractivity contribution is -0.153. The Balaban J connectivity index is 1.34. The van der Waals surface area contributed by atoms with Crippen molar-refractivity contribution in [1.29, 1.82) is 0 Å². The van der Waals surface area contributed by atoms with Crippen molar-refractivity contribution in [1.82, 2.24) is 4.90 Å². The fourth-order valence-electron chi connectivity index (χ4n) is 5.75. The van der Waals surface area contributed by atoms with E-state index in [9.17, 15) is 4.79 Å². The van der Waals surface area contributed by atoms with E-state index in [1.54, 1.807) is 7.11 Å². The summed E-state index contributed by atoms with van der Waals surface area (Å²) in [4.78, 5) is 14.8. The van der Waals surface area contributed by atoms with Gasteiger partial charge in [0.25, 0.3) is 0 Å². The van der Waals surface area contributed by atoms with Crippen LogP contribution in [0.15, 0.2) is 60.7 Å². The molecule has 0 N–H and O–H groups in total. The molecule has 218 valence electrons. The number of allylic oxidation sites excluding steroid dienone is 1. The normalized spacial score (nSPS) is 22.1. The summed E-state index contributed by atoms with van der Waals surface area (Å²) in [6.07, 6.45) is 10.8. The summed E-state index contributed by atoms with van der Waals surface area (Å²) < 4.78 is 23.5. The number of rotatable bonds is 13. The molecule has 0 unspecified atom stereocenters. The van der Waals surface area contributed by atoms with E-state index >= 15 is 0 Å². The van der Waals surface area contributed by atoms with E-state index < -0.39 is 5.41 Å². The van der Waals surface area contributed by atoms with Crippen LogP contribution in [0.1, 0.15) is 64.9 Å². The lowest BCUT2D eigenvalue weighted by atomic mass is 9.89. The molecule has 1 heterocycles. The Hall–Kier alpha value is -2.67.